The topological polar surface area (TPSA) is 105 Å². The summed E-state index contributed by atoms with van der Waals surface area (Å²) in [7, 11) is -4.41. The highest BCUT2D eigenvalue weighted by atomic mass is 32.2. The van der Waals surface area contributed by atoms with Gasteiger partial charge in [0.05, 0.1) is 10.6 Å². The van der Waals surface area contributed by atoms with Gasteiger partial charge in [-0.2, -0.15) is 0 Å². The SMILES string of the molecule is O=C(CN1C(=O)COc2ccccc21)NNS(=O)(=O)c1cc(F)cc(F)c1. The molecule has 2 amide bonds. The summed E-state index contributed by atoms with van der Waals surface area (Å²) in [6, 6.07) is 8.23. The van der Waals surface area contributed by atoms with Crippen molar-refractivity contribution in [3.05, 3.63) is 54.1 Å². The number of nitrogens with one attached hydrogen (secondary N) is 2. The molecule has 2 N–H and O–H groups in total. The van der Waals surface area contributed by atoms with Crippen LogP contribution in [0.15, 0.2) is 47.4 Å². The standard InChI is InChI=1S/C16H13F2N3O5S/c17-10-5-11(18)7-12(6-10)27(24,25)20-19-15(22)8-21-13-3-1-2-4-14(13)26-9-16(21)23/h1-7,20H,8-9H2,(H,19,22). The summed E-state index contributed by atoms with van der Waals surface area (Å²) in [5.74, 6) is -3.12. The molecule has 2 aromatic rings. The molecule has 0 aliphatic carbocycles. The van der Waals surface area contributed by atoms with Crippen LogP contribution in [0.3, 0.4) is 0 Å². The van der Waals surface area contributed by atoms with Gasteiger partial charge in [-0.05, 0) is 24.3 Å². The Labute approximate surface area is 152 Å². The summed E-state index contributed by atoms with van der Waals surface area (Å²) in [5.41, 5.74) is 2.26. The molecule has 27 heavy (non-hydrogen) atoms. The minimum atomic E-state index is -4.41. The first-order valence-electron chi connectivity index (χ1n) is 7.55. The van der Waals surface area contributed by atoms with Gasteiger partial charge in [-0.1, -0.05) is 12.1 Å². The largest absolute Gasteiger partial charge is 0.482 e. The van der Waals surface area contributed by atoms with Crippen LogP contribution in [0.4, 0.5) is 14.5 Å². The number of halogens is 2. The van der Waals surface area contributed by atoms with Crippen molar-refractivity contribution in [2.24, 2.45) is 0 Å². The molecule has 1 aliphatic heterocycles. The second-order valence-electron chi connectivity index (χ2n) is 5.50. The molecule has 0 saturated carbocycles. The normalized spacial score (nSPS) is 13.7. The van der Waals surface area contributed by atoms with Crippen LogP contribution >= 0.6 is 0 Å². The monoisotopic (exact) mass is 397 g/mol. The zero-order valence-electron chi connectivity index (χ0n) is 13.6. The van der Waals surface area contributed by atoms with Crippen LogP contribution in [0.1, 0.15) is 0 Å². The molecule has 0 atom stereocenters. The number of carbonyl (C=O) groups is 2. The number of amides is 2. The van der Waals surface area contributed by atoms with Crippen LogP contribution in [-0.2, 0) is 19.6 Å². The van der Waals surface area contributed by atoms with Gasteiger partial charge in [-0.3, -0.25) is 19.9 Å². The van der Waals surface area contributed by atoms with Crippen molar-refractivity contribution in [1.82, 2.24) is 10.3 Å². The molecule has 1 aliphatic rings. The number of rotatable bonds is 5. The third-order valence-corrected chi connectivity index (χ3v) is 4.81. The number of benzene rings is 2. The number of fused-ring (bicyclic) bond motifs is 1. The Kier molecular flexibility index (Phi) is 5.06. The number of carbonyl (C=O) groups excluding carboxylic acids is 2. The summed E-state index contributed by atoms with van der Waals surface area (Å²) >= 11 is 0. The second-order valence-corrected chi connectivity index (χ2v) is 7.18. The average Bonchev–Trinajstić information content (AvgIpc) is 2.62. The number of hydrazine groups is 1. The summed E-state index contributed by atoms with van der Waals surface area (Å²) in [6.45, 7) is -0.752. The van der Waals surface area contributed by atoms with Gasteiger partial charge in [0.15, 0.2) is 6.61 Å². The van der Waals surface area contributed by atoms with Crippen molar-refractivity contribution in [3.8, 4) is 5.75 Å². The lowest BCUT2D eigenvalue weighted by Gasteiger charge is -2.28. The maximum atomic E-state index is 13.2. The van der Waals surface area contributed by atoms with Crippen molar-refractivity contribution in [3.63, 3.8) is 0 Å². The number of hydrogen-bond acceptors (Lipinski definition) is 5. The minimum absolute atomic E-state index is 0.265. The van der Waals surface area contributed by atoms with Gasteiger partial charge in [0, 0.05) is 6.07 Å². The van der Waals surface area contributed by atoms with E-state index in [2.05, 4.69) is 0 Å². The van der Waals surface area contributed by atoms with E-state index in [9.17, 15) is 26.8 Å². The highest BCUT2D eigenvalue weighted by Crippen LogP contribution is 2.31. The van der Waals surface area contributed by atoms with Gasteiger partial charge in [0.25, 0.3) is 21.8 Å². The van der Waals surface area contributed by atoms with Gasteiger partial charge >= 0.3 is 0 Å². The molecule has 8 nitrogen and oxygen atoms in total. The number of nitrogens with zero attached hydrogens (tertiary/aromatic N) is 1. The first-order valence-corrected chi connectivity index (χ1v) is 9.03. The Balaban J connectivity index is 1.69. The van der Waals surface area contributed by atoms with Crippen molar-refractivity contribution in [2.45, 2.75) is 4.90 Å². The number of hydrogen-bond donors (Lipinski definition) is 2. The maximum Gasteiger partial charge on any atom is 0.265 e. The van der Waals surface area contributed by atoms with Crippen LogP contribution in [0.2, 0.25) is 0 Å². The molecule has 0 fully saturated rings. The van der Waals surface area contributed by atoms with Crippen LogP contribution in [0.5, 0.6) is 5.75 Å². The lowest BCUT2D eigenvalue weighted by Crippen LogP contribution is -2.49. The fraction of sp³-hybridized carbons (Fsp3) is 0.125. The van der Waals surface area contributed by atoms with E-state index in [1.165, 1.54) is 0 Å². The van der Waals surface area contributed by atoms with Crippen molar-refractivity contribution >= 4 is 27.5 Å². The highest BCUT2D eigenvalue weighted by Gasteiger charge is 2.27. The molecular weight excluding hydrogens is 384 g/mol. The lowest BCUT2D eigenvalue weighted by molar-refractivity contribution is -0.125. The Morgan fingerprint density at radius 2 is 1.81 bits per heavy atom. The van der Waals surface area contributed by atoms with Gasteiger partial charge < -0.3 is 4.74 Å². The van der Waals surface area contributed by atoms with Gasteiger partial charge in [0.1, 0.15) is 23.9 Å². The van der Waals surface area contributed by atoms with Gasteiger partial charge in [0.2, 0.25) is 0 Å². The molecule has 0 saturated heterocycles. The predicted octanol–water partition coefficient (Wildman–Crippen LogP) is 0.700. The molecule has 0 aromatic heterocycles. The lowest BCUT2D eigenvalue weighted by atomic mass is 10.2. The third-order valence-electron chi connectivity index (χ3n) is 3.58. The first-order chi connectivity index (χ1) is 12.8. The Hall–Kier alpha value is -3.05. The van der Waals surface area contributed by atoms with Gasteiger partial charge in [-0.15, -0.1) is 4.83 Å². The van der Waals surface area contributed by atoms with Crippen LogP contribution in [0.25, 0.3) is 0 Å². The van der Waals surface area contributed by atoms with Crippen LogP contribution < -0.4 is 19.9 Å². The predicted molar refractivity (Wildman–Crippen MR) is 89.1 cm³/mol. The first kappa shape index (κ1) is 18.7. The minimum Gasteiger partial charge on any atom is -0.482 e. The summed E-state index contributed by atoms with van der Waals surface area (Å²) in [5, 5.41) is 0. The van der Waals surface area contributed by atoms with E-state index >= 15 is 0 Å². The summed E-state index contributed by atoms with van der Waals surface area (Å²) in [6.07, 6.45) is 0. The van der Waals surface area contributed by atoms with Crippen molar-refractivity contribution < 1.29 is 31.5 Å². The third kappa shape index (κ3) is 4.20. The number of ether oxygens (including phenoxy) is 1. The van der Waals surface area contributed by atoms with E-state index in [4.69, 9.17) is 4.74 Å². The quantitative estimate of drug-likeness (QED) is 0.723. The number of para-hydroxylation sites is 2. The molecular formula is C16H13F2N3O5S. The smallest absolute Gasteiger partial charge is 0.265 e. The zero-order chi connectivity index (χ0) is 19.6. The van der Waals surface area contributed by atoms with Gasteiger partial charge in [-0.25, -0.2) is 17.2 Å². The van der Waals surface area contributed by atoms with Crippen LogP contribution in [0, 0.1) is 11.6 Å². The zero-order valence-corrected chi connectivity index (χ0v) is 14.4. The fourth-order valence-corrected chi connectivity index (χ4v) is 3.28. The molecule has 2 aromatic carbocycles. The Bertz CT molecular complexity index is 993. The highest BCUT2D eigenvalue weighted by molar-refractivity contribution is 7.89. The maximum absolute atomic E-state index is 13.2. The molecule has 0 bridgehead atoms. The fourth-order valence-electron chi connectivity index (χ4n) is 2.38. The molecule has 11 heteroatoms. The number of anilines is 1. The second kappa shape index (κ2) is 7.29. The summed E-state index contributed by atoms with van der Waals surface area (Å²) in [4.78, 5) is 26.2. The van der Waals surface area contributed by atoms with Crippen molar-refractivity contribution in [2.75, 3.05) is 18.1 Å². The van der Waals surface area contributed by atoms with E-state index in [1.54, 1.807) is 29.1 Å². The molecule has 0 radical (unpaired) electrons. The molecule has 3 rings (SSSR count). The average molecular weight is 397 g/mol. The summed E-state index contributed by atoms with van der Waals surface area (Å²) < 4.78 is 55.7. The van der Waals surface area contributed by atoms with Crippen LogP contribution in [-0.4, -0.2) is 33.4 Å². The Morgan fingerprint density at radius 3 is 2.52 bits per heavy atom. The molecule has 1 heterocycles. The molecule has 142 valence electrons. The molecule has 0 spiro atoms. The van der Waals surface area contributed by atoms with E-state index < -0.39 is 44.9 Å². The van der Waals surface area contributed by atoms with Crippen molar-refractivity contribution in [1.29, 1.82) is 0 Å². The number of sulfonamides is 1. The van der Waals surface area contributed by atoms with E-state index in [1.807, 2.05) is 5.43 Å². The van der Waals surface area contributed by atoms with E-state index in [0.717, 1.165) is 4.90 Å². The van der Waals surface area contributed by atoms with E-state index in [0.29, 0.717) is 29.6 Å². The Morgan fingerprint density at radius 1 is 1.15 bits per heavy atom. The van der Waals surface area contributed by atoms with E-state index in [-0.39, 0.29) is 6.61 Å². The molecule has 0 unspecified atom stereocenters.